The second-order valence-electron chi connectivity index (χ2n) is 4.62. The molecule has 0 aliphatic carbocycles. The minimum atomic E-state index is -0.258. The molecule has 1 saturated heterocycles. The van der Waals surface area contributed by atoms with Crippen LogP contribution >= 0.6 is 0 Å². The van der Waals surface area contributed by atoms with Gasteiger partial charge in [-0.05, 0) is 36.6 Å². The lowest BCUT2D eigenvalue weighted by atomic mass is 10.2. The maximum Gasteiger partial charge on any atom is 0.246 e. The molecule has 1 fully saturated rings. The van der Waals surface area contributed by atoms with Crippen LogP contribution in [-0.2, 0) is 4.79 Å². The Morgan fingerprint density at radius 3 is 2.28 bits per heavy atom. The molecule has 2 rings (SSSR count). The van der Waals surface area contributed by atoms with Crippen molar-refractivity contribution in [1.29, 1.82) is 0 Å². The number of carbonyl (C=O) groups excluding carboxylic acids is 1. The summed E-state index contributed by atoms with van der Waals surface area (Å²) in [6.07, 6.45) is 7.94. The van der Waals surface area contributed by atoms with Crippen molar-refractivity contribution in [2.75, 3.05) is 13.1 Å². The molecule has 0 unspecified atom stereocenters. The summed E-state index contributed by atoms with van der Waals surface area (Å²) >= 11 is 0. The van der Waals surface area contributed by atoms with Crippen LogP contribution in [0.3, 0.4) is 0 Å². The van der Waals surface area contributed by atoms with E-state index in [4.69, 9.17) is 0 Å². The Hall–Kier alpha value is -1.64. The van der Waals surface area contributed by atoms with Crippen molar-refractivity contribution < 1.29 is 9.18 Å². The minimum absolute atomic E-state index is 0.0567. The smallest absolute Gasteiger partial charge is 0.246 e. The van der Waals surface area contributed by atoms with Gasteiger partial charge < -0.3 is 4.90 Å². The van der Waals surface area contributed by atoms with Gasteiger partial charge in [0.1, 0.15) is 5.82 Å². The highest BCUT2D eigenvalue weighted by Crippen LogP contribution is 2.11. The number of benzene rings is 1. The quantitative estimate of drug-likeness (QED) is 0.735. The van der Waals surface area contributed by atoms with Crippen LogP contribution in [0.5, 0.6) is 0 Å². The summed E-state index contributed by atoms with van der Waals surface area (Å²) in [5, 5.41) is 0. The molecule has 3 heteroatoms. The molecule has 0 bridgehead atoms. The molecule has 1 aliphatic heterocycles. The Kier molecular flexibility index (Phi) is 4.51. The fraction of sp³-hybridized carbons (Fsp3) is 0.400. The Morgan fingerprint density at radius 1 is 1.06 bits per heavy atom. The summed E-state index contributed by atoms with van der Waals surface area (Å²) in [6.45, 7) is 1.71. The predicted molar refractivity (Wildman–Crippen MR) is 70.5 cm³/mol. The van der Waals surface area contributed by atoms with E-state index in [1.54, 1.807) is 24.3 Å². The molecule has 2 nitrogen and oxygen atoms in total. The molecule has 0 radical (unpaired) electrons. The summed E-state index contributed by atoms with van der Waals surface area (Å²) in [4.78, 5) is 13.9. The van der Waals surface area contributed by atoms with E-state index in [1.807, 2.05) is 4.90 Å². The Labute approximate surface area is 107 Å². The summed E-state index contributed by atoms with van der Waals surface area (Å²) in [7, 11) is 0. The first-order chi connectivity index (χ1) is 8.75. The second-order valence-corrected chi connectivity index (χ2v) is 4.62. The number of amides is 1. The van der Waals surface area contributed by atoms with Crippen molar-refractivity contribution in [3.63, 3.8) is 0 Å². The molecule has 18 heavy (non-hydrogen) atoms. The normalized spacial score (nSPS) is 16.8. The number of carbonyl (C=O) groups is 1. The molecule has 0 saturated carbocycles. The van der Waals surface area contributed by atoms with Crippen LogP contribution in [0.2, 0.25) is 0 Å². The van der Waals surface area contributed by atoms with Gasteiger partial charge in [0.15, 0.2) is 0 Å². The SMILES string of the molecule is O=C(/C=C\c1ccc(F)cc1)N1CCCCCC1. The second kappa shape index (κ2) is 6.34. The molecule has 0 spiro atoms. The fourth-order valence-electron chi connectivity index (χ4n) is 2.14. The van der Waals surface area contributed by atoms with E-state index in [9.17, 15) is 9.18 Å². The van der Waals surface area contributed by atoms with Crippen LogP contribution in [0.4, 0.5) is 4.39 Å². The molecule has 1 heterocycles. The van der Waals surface area contributed by atoms with Crippen LogP contribution in [-0.4, -0.2) is 23.9 Å². The van der Waals surface area contributed by atoms with Gasteiger partial charge in [0, 0.05) is 19.2 Å². The lowest BCUT2D eigenvalue weighted by molar-refractivity contribution is -0.125. The van der Waals surface area contributed by atoms with Gasteiger partial charge in [-0.25, -0.2) is 4.39 Å². The van der Waals surface area contributed by atoms with E-state index in [-0.39, 0.29) is 11.7 Å². The number of rotatable bonds is 2. The highest BCUT2D eigenvalue weighted by atomic mass is 19.1. The van der Waals surface area contributed by atoms with Gasteiger partial charge in [0.2, 0.25) is 5.91 Å². The Bertz CT molecular complexity index is 417. The third-order valence-corrected chi connectivity index (χ3v) is 3.21. The van der Waals surface area contributed by atoms with Gasteiger partial charge in [-0.2, -0.15) is 0 Å². The Balaban J connectivity index is 1.95. The number of hydrogen-bond acceptors (Lipinski definition) is 1. The lowest BCUT2D eigenvalue weighted by Gasteiger charge is -2.17. The summed E-state index contributed by atoms with van der Waals surface area (Å²) in [6, 6.07) is 6.13. The third-order valence-electron chi connectivity index (χ3n) is 3.21. The lowest BCUT2D eigenvalue weighted by Crippen LogP contribution is -2.30. The van der Waals surface area contributed by atoms with E-state index in [1.165, 1.54) is 25.0 Å². The number of nitrogens with zero attached hydrogens (tertiary/aromatic N) is 1. The standard InChI is InChI=1S/C15H18FNO/c16-14-8-5-13(6-9-14)7-10-15(18)17-11-3-1-2-4-12-17/h5-10H,1-4,11-12H2/b10-7-. The van der Waals surface area contributed by atoms with E-state index < -0.39 is 0 Å². The zero-order valence-corrected chi connectivity index (χ0v) is 10.4. The summed E-state index contributed by atoms with van der Waals surface area (Å²) in [5.74, 6) is -0.202. The van der Waals surface area contributed by atoms with Gasteiger partial charge >= 0.3 is 0 Å². The minimum Gasteiger partial charge on any atom is -0.339 e. The van der Waals surface area contributed by atoms with E-state index in [0.717, 1.165) is 31.5 Å². The molecule has 1 aliphatic rings. The van der Waals surface area contributed by atoms with Crippen LogP contribution in [0.1, 0.15) is 31.2 Å². The monoisotopic (exact) mass is 247 g/mol. The van der Waals surface area contributed by atoms with Crippen LogP contribution < -0.4 is 0 Å². The van der Waals surface area contributed by atoms with Crippen molar-refractivity contribution in [3.05, 3.63) is 41.7 Å². The number of halogens is 1. The van der Waals surface area contributed by atoms with E-state index >= 15 is 0 Å². The third kappa shape index (κ3) is 3.69. The molecule has 1 aromatic rings. The molecule has 1 amide bonds. The largest absolute Gasteiger partial charge is 0.339 e. The maximum atomic E-state index is 12.7. The molecule has 96 valence electrons. The van der Waals surface area contributed by atoms with Crippen molar-refractivity contribution in [2.45, 2.75) is 25.7 Å². The molecule has 0 N–H and O–H groups in total. The molecule has 0 aromatic heterocycles. The fourth-order valence-corrected chi connectivity index (χ4v) is 2.14. The predicted octanol–water partition coefficient (Wildman–Crippen LogP) is 3.24. The number of hydrogen-bond donors (Lipinski definition) is 0. The van der Waals surface area contributed by atoms with Crippen molar-refractivity contribution in [3.8, 4) is 0 Å². The van der Waals surface area contributed by atoms with Crippen LogP contribution in [0.25, 0.3) is 6.08 Å². The van der Waals surface area contributed by atoms with Gasteiger partial charge in [-0.1, -0.05) is 25.0 Å². The van der Waals surface area contributed by atoms with E-state index in [2.05, 4.69) is 0 Å². The zero-order chi connectivity index (χ0) is 12.8. The molecule has 0 atom stereocenters. The maximum absolute atomic E-state index is 12.7. The van der Waals surface area contributed by atoms with E-state index in [0.29, 0.717) is 0 Å². The first kappa shape index (κ1) is 12.8. The topological polar surface area (TPSA) is 20.3 Å². The van der Waals surface area contributed by atoms with Crippen LogP contribution in [0, 0.1) is 5.82 Å². The van der Waals surface area contributed by atoms with Crippen molar-refractivity contribution in [1.82, 2.24) is 4.90 Å². The summed E-state index contributed by atoms with van der Waals surface area (Å²) < 4.78 is 12.7. The zero-order valence-electron chi connectivity index (χ0n) is 10.4. The highest BCUT2D eigenvalue weighted by Gasteiger charge is 2.12. The molecular weight excluding hydrogens is 229 g/mol. The van der Waals surface area contributed by atoms with Gasteiger partial charge in [0.25, 0.3) is 0 Å². The summed E-state index contributed by atoms with van der Waals surface area (Å²) in [5.41, 5.74) is 0.847. The van der Waals surface area contributed by atoms with Gasteiger partial charge in [-0.15, -0.1) is 0 Å². The number of likely N-dealkylation sites (tertiary alicyclic amines) is 1. The van der Waals surface area contributed by atoms with Crippen molar-refractivity contribution >= 4 is 12.0 Å². The highest BCUT2D eigenvalue weighted by molar-refractivity contribution is 5.91. The van der Waals surface area contributed by atoms with Gasteiger partial charge in [-0.3, -0.25) is 4.79 Å². The molecular formula is C15H18FNO. The first-order valence-electron chi connectivity index (χ1n) is 6.48. The first-order valence-corrected chi connectivity index (χ1v) is 6.48. The van der Waals surface area contributed by atoms with Gasteiger partial charge in [0.05, 0.1) is 0 Å². The van der Waals surface area contributed by atoms with Crippen LogP contribution in [0.15, 0.2) is 30.3 Å². The van der Waals surface area contributed by atoms with Crippen molar-refractivity contribution in [2.24, 2.45) is 0 Å². The Morgan fingerprint density at radius 2 is 1.67 bits per heavy atom. The average Bonchev–Trinajstić information content (AvgIpc) is 2.66. The molecule has 1 aromatic carbocycles. The average molecular weight is 247 g/mol.